The first kappa shape index (κ1) is 62.3. The maximum Gasteiger partial charge on any atom is 0.254 e. The summed E-state index contributed by atoms with van der Waals surface area (Å²) in [6, 6.07) is 17.6. The maximum atomic E-state index is 13.4. The first-order valence-corrected chi connectivity index (χ1v) is 31.3. The number of hydrogen-bond donors (Lipinski definition) is 6. The van der Waals surface area contributed by atoms with E-state index in [-0.39, 0.29) is 35.6 Å². The standard InChI is InChI=1S/C60H89N11O10S/c61-59(77)57-58(45-17-19-47(20-18-45)81-46-10-2-1-3-11-46)67-71-50(21-26-65-60(57)71)44-22-29-70(30-23-44)56(76)16-7-28-68-32-34-69(35-33-68)31-27-64-54(74)15-6-14-53(73)63-25-9-37-79-39-41-80-40-38-78-36-8-24-62-52(72)13-5-4-12-51-48-42-55(75)66-49(48)43-82-51/h1-3,10-11,17-20,44,48-51,65H,4-9,12-16,21-43H2,(H2,61,77)(H,62,72)(H,63,73)(H,64,74)(H,66,75)/t48-,49-,50+,51-/m1/s1. The lowest BCUT2D eigenvalue weighted by Gasteiger charge is -2.38. The van der Waals surface area contributed by atoms with E-state index in [4.69, 9.17) is 29.8 Å². The van der Waals surface area contributed by atoms with E-state index >= 15 is 0 Å². The van der Waals surface area contributed by atoms with E-state index in [2.05, 4.69) is 36.4 Å². The molecule has 82 heavy (non-hydrogen) atoms. The number of nitrogens with two attached hydrogens (primary N) is 1. The fourth-order valence-electron chi connectivity index (χ4n) is 11.8. The normalized spacial score (nSPS) is 20.1. The van der Waals surface area contributed by atoms with Gasteiger partial charge in [0.15, 0.2) is 0 Å². The average molecular weight is 1160 g/mol. The number of nitrogens with zero attached hydrogens (tertiary/aromatic N) is 5. The monoisotopic (exact) mass is 1160 g/mol. The molecule has 5 aliphatic heterocycles. The number of likely N-dealkylation sites (tertiary alicyclic amines) is 1. The fraction of sp³-hybridized carbons (Fsp3) is 0.650. The highest BCUT2D eigenvalue weighted by Gasteiger charge is 2.43. The molecule has 0 aliphatic carbocycles. The molecule has 0 radical (unpaired) electrons. The van der Waals surface area contributed by atoms with Crippen LogP contribution in [0.5, 0.6) is 11.5 Å². The molecule has 4 saturated heterocycles. The van der Waals surface area contributed by atoms with Crippen LogP contribution in [0.2, 0.25) is 0 Å². The first-order chi connectivity index (χ1) is 40.1. The number of anilines is 1. The number of hydrogen-bond acceptors (Lipinski definition) is 15. The van der Waals surface area contributed by atoms with Gasteiger partial charge in [-0.1, -0.05) is 24.6 Å². The summed E-state index contributed by atoms with van der Waals surface area (Å²) in [7, 11) is 0. The molecule has 0 unspecified atom stereocenters. The van der Waals surface area contributed by atoms with Gasteiger partial charge in [0.1, 0.15) is 28.6 Å². The van der Waals surface area contributed by atoms with Crippen LogP contribution in [0.3, 0.4) is 0 Å². The van der Waals surface area contributed by atoms with Crippen LogP contribution < -0.4 is 37.1 Å². The minimum absolute atomic E-state index is 0.0413. The Morgan fingerprint density at radius 1 is 0.659 bits per heavy atom. The van der Waals surface area contributed by atoms with Crippen molar-refractivity contribution in [3.05, 3.63) is 60.2 Å². The van der Waals surface area contributed by atoms with Crippen molar-refractivity contribution in [3.63, 3.8) is 0 Å². The number of unbranched alkanes of at least 4 members (excludes halogenated alkanes) is 1. The molecule has 7 N–H and O–H groups in total. The van der Waals surface area contributed by atoms with Crippen LogP contribution >= 0.6 is 11.8 Å². The summed E-state index contributed by atoms with van der Waals surface area (Å²) in [6.07, 6.45) is 10.6. The molecule has 0 spiro atoms. The average Bonchev–Trinajstić information content (AvgIpc) is 3.83. The number of nitrogens with one attached hydrogen (secondary N) is 5. The topological polar surface area (TPSA) is 253 Å². The lowest BCUT2D eigenvalue weighted by Crippen LogP contribution is -2.48. The quantitative estimate of drug-likeness (QED) is 0.0426. The van der Waals surface area contributed by atoms with E-state index < -0.39 is 5.91 Å². The molecule has 4 fully saturated rings. The van der Waals surface area contributed by atoms with Crippen molar-refractivity contribution in [3.8, 4) is 22.8 Å². The molecule has 450 valence electrons. The zero-order chi connectivity index (χ0) is 57.3. The van der Waals surface area contributed by atoms with Gasteiger partial charge in [-0.25, -0.2) is 4.68 Å². The molecule has 2 aromatic carbocycles. The smallest absolute Gasteiger partial charge is 0.254 e. The van der Waals surface area contributed by atoms with Crippen LogP contribution in [0.15, 0.2) is 54.6 Å². The van der Waals surface area contributed by atoms with Crippen molar-refractivity contribution in [1.82, 2.24) is 45.7 Å². The van der Waals surface area contributed by atoms with Crippen LogP contribution in [0.25, 0.3) is 11.3 Å². The van der Waals surface area contributed by atoms with Crippen molar-refractivity contribution in [1.29, 1.82) is 0 Å². The highest BCUT2D eigenvalue weighted by molar-refractivity contribution is 8.00. The number of fused-ring (bicyclic) bond motifs is 2. The Morgan fingerprint density at radius 3 is 1.93 bits per heavy atom. The van der Waals surface area contributed by atoms with Gasteiger partial charge < -0.3 is 61.1 Å². The Labute approximate surface area is 487 Å². The van der Waals surface area contributed by atoms with Gasteiger partial charge >= 0.3 is 0 Å². The summed E-state index contributed by atoms with van der Waals surface area (Å²) in [5.74, 6) is 3.73. The SMILES string of the molecule is NC(=O)c1c(-c2ccc(Oc3ccccc3)cc2)nn2c1NCC[C@H]2C1CCN(C(=O)CCCN2CCN(CCNC(=O)CCCC(=O)NCCCOCCOCCOCCCNC(=O)CCCC[C@H]3SC[C@H]4NC(=O)C[C@H]43)CC2)CC1. The van der Waals surface area contributed by atoms with Crippen LogP contribution in [-0.4, -0.2) is 195 Å². The largest absolute Gasteiger partial charge is 0.457 e. The van der Waals surface area contributed by atoms with Gasteiger partial charge in [-0.2, -0.15) is 16.9 Å². The molecule has 1 aromatic heterocycles. The molecule has 6 amide bonds. The molecule has 5 aliphatic rings. The maximum absolute atomic E-state index is 13.4. The number of thioether (sulfide) groups is 1. The number of primary amides is 1. The van der Waals surface area contributed by atoms with Crippen LogP contribution in [-0.2, 0) is 38.2 Å². The zero-order valence-electron chi connectivity index (χ0n) is 47.9. The van der Waals surface area contributed by atoms with Crippen molar-refractivity contribution >= 4 is 53.0 Å². The number of piperazine rings is 1. The molecule has 0 saturated carbocycles. The Kier molecular flexibility index (Phi) is 25.4. The van der Waals surface area contributed by atoms with Gasteiger partial charge in [0.2, 0.25) is 29.5 Å². The lowest BCUT2D eigenvalue weighted by molar-refractivity contribution is -0.133. The minimum atomic E-state index is -0.522. The minimum Gasteiger partial charge on any atom is -0.457 e. The Hall–Kier alpha value is -5.78. The number of piperidine rings is 1. The molecule has 22 heteroatoms. The number of amides is 6. The van der Waals surface area contributed by atoms with Gasteiger partial charge in [-0.15, -0.1) is 0 Å². The number of ether oxygens (including phenoxy) is 4. The zero-order valence-corrected chi connectivity index (χ0v) is 48.7. The van der Waals surface area contributed by atoms with E-state index in [0.717, 1.165) is 108 Å². The summed E-state index contributed by atoms with van der Waals surface area (Å²) in [5, 5.41) is 20.9. The summed E-state index contributed by atoms with van der Waals surface area (Å²) in [5.41, 5.74) is 7.71. The van der Waals surface area contributed by atoms with Crippen LogP contribution in [0.1, 0.15) is 113 Å². The first-order valence-electron chi connectivity index (χ1n) is 30.2. The Balaban J connectivity index is 0.568. The van der Waals surface area contributed by atoms with Gasteiger partial charge in [0, 0.05) is 146 Å². The predicted molar refractivity (Wildman–Crippen MR) is 316 cm³/mol. The van der Waals surface area contributed by atoms with Gasteiger partial charge in [0.05, 0.1) is 32.5 Å². The molecular formula is C60H89N11O10S. The third-order valence-corrected chi connectivity index (χ3v) is 17.9. The van der Waals surface area contributed by atoms with Gasteiger partial charge in [0.25, 0.3) is 5.91 Å². The highest BCUT2D eigenvalue weighted by Crippen LogP contribution is 2.42. The third kappa shape index (κ3) is 19.7. The molecule has 6 heterocycles. The number of rotatable bonds is 35. The number of carbonyl (C=O) groups is 6. The van der Waals surface area contributed by atoms with E-state index in [1.165, 1.54) is 0 Å². The van der Waals surface area contributed by atoms with Crippen molar-refractivity contribution in [2.45, 2.75) is 114 Å². The van der Waals surface area contributed by atoms with Crippen LogP contribution in [0.4, 0.5) is 5.82 Å². The summed E-state index contributed by atoms with van der Waals surface area (Å²) >= 11 is 1.96. The van der Waals surface area contributed by atoms with Crippen molar-refractivity contribution in [2.75, 3.05) is 129 Å². The number of benzene rings is 2. The van der Waals surface area contributed by atoms with Crippen molar-refractivity contribution in [2.24, 2.45) is 17.6 Å². The van der Waals surface area contributed by atoms with E-state index in [0.29, 0.717) is 170 Å². The Bertz CT molecular complexity index is 2490. The molecule has 3 aromatic rings. The summed E-state index contributed by atoms with van der Waals surface area (Å²) < 4.78 is 24.7. The molecule has 21 nitrogen and oxygen atoms in total. The second-order valence-corrected chi connectivity index (χ2v) is 23.5. The lowest BCUT2D eigenvalue weighted by atomic mass is 9.86. The second-order valence-electron chi connectivity index (χ2n) is 22.2. The summed E-state index contributed by atoms with van der Waals surface area (Å²) in [6.45, 7) is 12.1. The third-order valence-electron chi connectivity index (χ3n) is 16.3. The molecule has 4 atom stereocenters. The van der Waals surface area contributed by atoms with E-state index in [9.17, 15) is 28.8 Å². The Morgan fingerprint density at radius 2 is 1.27 bits per heavy atom. The van der Waals surface area contributed by atoms with Gasteiger partial charge in [-0.05, 0) is 107 Å². The van der Waals surface area contributed by atoms with Crippen molar-refractivity contribution < 1.29 is 47.7 Å². The van der Waals surface area contributed by atoms with Crippen LogP contribution in [0, 0.1) is 11.8 Å². The highest BCUT2D eigenvalue weighted by atomic mass is 32.2. The number of carbonyl (C=O) groups excluding carboxylic acids is 6. The molecule has 8 rings (SSSR count). The van der Waals surface area contributed by atoms with E-state index in [1.807, 2.05) is 75.9 Å². The fourth-order valence-corrected chi connectivity index (χ4v) is 13.5. The second kappa shape index (κ2) is 33.5. The van der Waals surface area contributed by atoms with Gasteiger partial charge in [-0.3, -0.25) is 33.7 Å². The number of para-hydroxylation sites is 1. The van der Waals surface area contributed by atoms with E-state index in [1.54, 1.807) is 0 Å². The molecule has 0 bridgehead atoms. The number of aromatic nitrogens is 2. The predicted octanol–water partition coefficient (Wildman–Crippen LogP) is 4.96. The summed E-state index contributed by atoms with van der Waals surface area (Å²) in [4.78, 5) is 81.7. The molecular weight excluding hydrogens is 1070 g/mol.